The Morgan fingerprint density at radius 2 is 1.63 bits per heavy atom. The number of carbonyl (C=O) groups is 2. The molecule has 0 aromatic rings. The molecule has 1 amide bonds. The Morgan fingerprint density at radius 1 is 1.05 bits per heavy atom. The van der Waals surface area contributed by atoms with Gasteiger partial charge >= 0.3 is 5.97 Å². The van der Waals surface area contributed by atoms with Crippen LogP contribution in [0, 0.1) is 5.92 Å². The van der Waals surface area contributed by atoms with Crippen molar-refractivity contribution in [2.75, 3.05) is 33.7 Å². The van der Waals surface area contributed by atoms with E-state index in [2.05, 4.69) is 0 Å². The van der Waals surface area contributed by atoms with Crippen molar-refractivity contribution in [1.82, 2.24) is 9.80 Å². The Balaban J connectivity index is 2.60. The smallest absolute Gasteiger partial charge is 0.323 e. The Morgan fingerprint density at radius 3 is 2.11 bits per heavy atom. The van der Waals surface area contributed by atoms with Crippen molar-refractivity contribution < 1.29 is 14.7 Å². The highest BCUT2D eigenvalue weighted by atomic mass is 16.4. The topological polar surface area (TPSA) is 60.9 Å². The molecular formula is C14H26N2O3. The van der Waals surface area contributed by atoms with Gasteiger partial charge < -0.3 is 14.9 Å². The number of carboxylic acids is 1. The van der Waals surface area contributed by atoms with E-state index in [1.807, 2.05) is 19.0 Å². The molecule has 0 radical (unpaired) electrons. The minimum absolute atomic E-state index is 0.0315. The van der Waals surface area contributed by atoms with Crippen molar-refractivity contribution in [1.29, 1.82) is 0 Å². The molecule has 0 spiro atoms. The van der Waals surface area contributed by atoms with Gasteiger partial charge in [-0.3, -0.25) is 9.59 Å². The first-order valence-electron chi connectivity index (χ1n) is 7.16. The van der Waals surface area contributed by atoms with Crippen LogP contribution in [0.4, 0.5) is 0 Å². The van der Waals surface area contributed by atoms with Gasteiger partial charge in [-0.25, -0.2) is 0 Å². The van der Waals surface area contributed by atoms with Crippen LogP contribution in [-0.4, -0.2) is 60.5 Å². The number of nitrogens with zero attached hydrogens (tertiary/aromatic N) is 2. The molecule has 0 aromatic heterocycles. The Labute approximate surface area is 115 Å². The molecule has 1 aliphatic rings. The van der Waals surface area contributed by atoms with E-state index in [1.165, 1.54) is 17.7 Å². The standard InChI is InChI=1S/C14H26N2O3/c1-15(2)9-10-16(11-13(17)18)14(19)12-7-5-3-4-6-8-12/h12H,3-11H2,1-2H3,(H,17,18). The molecule has 5 nitrogen and oxygen atoms in total. The van der Waals surface area contributed by atoms with E-state index in [0.29, 0.717) is 13.1 Å². The summed E-state index contributed by atoms with van der Waals surface area (Å²) < 4.78 is 0. The van der Waals surface area contributed by atoms with Crippen LogP contribution in [0.5, 0.6) is 0 Å². The SMILES string of the molecule is CN(C)CCN(CC(=O)O)C(=O)C1CCCCCC1. The summed E-state index contributed by atoms with van der Waals surface area (Å²) in [6, 6.07) is 0. The first kappa shape index (κ1) is 16.0. The molecule has 0 bridgehead atoms. The average Bonchev–Trinajstić information content (AvgIpc) is 2.61. The Hall–Kier alpha value is -1.10. The molecule has 0 aromatic carbocycles. The molecule has 19 heavy (non-hydrogen) atoms. The fraction of sp³-hybridized carbons (Fsp3) is 0.857. The van der Waals surface area contributed by atoms with Gasteiger partial charge in [-0.2, -0.15) is 0 Å². The predicted octanol–water partition coefficient (Wildman–Crippen LogP) is 1.43. The lowest BCUT2D eigenvalue weighted by Crippen LogP contribution is -2.43. The number of amides is 1. The van der Waals surface area contributed by atoms with Gasteiger partial charge in [0, 0.05) is 19.0 Å². The minimum Gasteiger partial charge on any atom is -0.480 e. The van der Waals surface area contributed by atoms with E-state index in [4.69, 9.17) is 5.11 Å². The summed E-state index contributed by atoms with van der Waals surface area (Å²) in [6.45, 7) is 1.02. The van der Waals surface area contributed by atoms with Crippen molar-refractivity contribution in [3.05, 3.63) is 0 Å². The van der Waals surface area contributed by atoms with Crippen LogP contribution in [0.15, 0.2) is 0 Å². The second-order valence-electron chi connectivity index (χ2n) is 5.65. The molecule has 1 fully saturated rings. The first-order valence-corrected chi connectivity index (χ1v) is 7.16. The largest absolute Gasteiger partial charge is 0.480 e. The lowest BCUT2D eigenvalue weighted by Gasteiger charge is -2.26. The van der Waals surface area contributed by atoms with Crippen LogP contribution in [0.1, 0.15) is 38.5 Å². The number of hydrogen-bond donors (Lipinski definition) is 1. The molecule has 0 atom stereocenters. The van der Waals surface area contributed by atoms with Crippen molar-refractivity contribution in [2.24, 2.45) is 5.92 Å². The third-order valence-corrected chi connectivity index (χ3v) is 3.66. The minimum atomic E-state index is -0.930. The maximum atomic E-state index is 12.4. The third kappa shape index (κ3) is 6.05. The summed E-state index contributed by atoms with van der Waals surface area (Å²) in [5.74, 6) is -0.865. The van der Waals surface area contributed by atoms with E-state index in [-0.39, 0.29) is 18.4 Å². The number of hydrogen-bond acceptors (Lipinski definition) is 3. The van der Waals surface area contributed by atoms with Gasteiger partial charge in [0.05, 0.1) is 0 Å². The zero-order chi connectivity index (χ0) is 14.3. The van der Waals surface area contributed by atoms with Gasteiger partial charge in [0.15, 0.2) is 0 Å². The second kappa shape index (κ2) is 8.15. The molecule has 1 saturated carbocycles. The maximum absolute atomic E-state index is 12.4. The molecule has 5 heteroatoms. The zero-order valence-electron chi connectivity index (χ0n) is 12.1. The maximum Gasteiger partial charge on any atom is 0.323 e. The monoisotopic (exact) mass is 270 g/mol. The molecule has 0 heterocycles. The van der Waals surface area contributed by atoms with Crippen molar-refractivity contribution in [3.8, 4) is 0 Å². The quantitative estimate of drug-likeness (QED) is 0.742. The van der Waals surface area contributed by atoms with Gasteiger partial charge in [0.1, 0.15) is 6.54 Å². The molecule has 0 unspecified atom stereocenters. The summed E-state index contributed by atoms with van der Waals surface area (Å²) in [5.41, 5.74) is 0. The number of likely N-dealkylation sites (N-methyl/N-ethyl adjacent to an activating group) is 1. The summed E-state index contributed by atoms with van der Waals surface area (Å²) in [4.78, 5) is 26.8. The highest BCUT2D eigenvalue weighted by molar-refractivity contribution is 5.83. The van der Waals surface area contributed by atoms with Crippen LogP contribution >= 0.6 is 0 Å². The van der Waals surface area contributed by atoms with Crippen molar-refractivity contribution in [3.63, 3.8) is 0 Å². The summed E-state index contributed by atoms with van der Waals surface area (Å²) >= 11 is 0. The van der Waals surface area contributed by atoms with E-state index in [0.717, 1.165) is 25.7 Å². The number of aliphatic carboxylic acids is 1. The van der Waals surface area contributed by atoms with E-state index >= 15 is 0 Å². The Bertz CT molecular complexity index is 297. The average molecular weight is 270 g/mol. The summed E-state index contributed by atoms with van der Waals surface area (Å²) in [5, 5.41) is 8.94. The van der Waals surface area contributed by atoms with Crippen molar-refractivity contribution in [2.45, 2.75) is 38.5 Å². The van der Waals surface area contributed by atoms with Crippen LogP contribution in [0.25, 0.3) is 0 Å². The molecular weight excluding hydrogens is 244 g/mol. The van der Waals surface area contributed by atoms with Crippen LogP contribution in [0.3, 0.4) is 0 Å². The van der Waals surface area contributed by atoms with Gasteiger partial charge in [0.2, 0.25) is 5.91 Å². The van der Waals surface area contributed by atoms with E-state index in [9.17, 15) is 9.59 Å². The second-order valence-corrected chi connectivity index (χ2v) is 5.65. The lowest BCUT2D eigenvalue weighted by molar-refractivity contribution is -0.146. The van der Waals surface area contributed by atoms with Gasteiger partial charge in [-0.15, -0.1) is 0 Å². The molecule has 1 N–H and O–H groups in total. The lowest BCUT2D eigenvalue weighted by atomic mass is 9.98. The third-order valence-electron chi connectivity index (χ3n) is 3.66. The van der Waals surface area contributed by atoms with Crippen molar-refractivity contribution >= 4 is 11.9 Å². The summed E-state index contributed by atoms with van der Waals surface area (Å²) in [6.07, 6.45) is 6.39. The summed E-state index contributed by atoms with van der Waals surface area (Å²) in [7, 11) is 3.85. The highest BCUT2D eigenvalue weighted by Crippen LogP contribution is 2.24. The van der Waals surface area contributed by atoms with E-state index in [1.54, 1.807) is 0 Å². The molecule has 0 aliphatic heterocycles. The number of carboxylic acid groups (broad SMARTS) is 1. The fourth-order valence-electron chi connectivity index (χ4n) is 2.54. The first-order chi connectivity index (χ1) is 9.00. The van der Waals surface area contributed by atoms with E-state index < -0.39 is 5.97 Å². The normalized spacial score (nSPS) is 17.2. The van der Waals surface area contributed by atoms with Gasteiger partial charge in [0.25, 0.3) is 0 Å². The number of carbonyl (C=O) groups excluding carboxylic acids is 1. The highest BCUT2D eigenvalue weighted by Gasteiger charge is 2.26. The van der Waals surface area contributed by atoms with Gasteiger partial charge in [-0.1, -0.05) is 25.7 Å². The number of rotatable bonds is 6. The zero-order valence-corrected chi connectivity index (χ0v) is 12.1. The van der Waals surface area contributed by atoms with Crippen LogP contribution in [0.2, 0.25) is 0 Å². The van der Waals surface area contributed by atoms with Gasteiger partial charge in [-0.05, 0) is 26.9 Å². The van der Waals surface area contributed by atoms with Crippen LogP contribution < -0.4 is 0 Å². The molecule has 0 saturated heterocycles. The predicted molar refractivity (Wildman–Crippen MR) is 74.0 cm³/mol. The molecule has 110 valence electrons. The Kier molecular flexibility index (Phi) is 6.84. The van der Waals surface area contributed by atoms with Crippen LogP contribution in [-0.2, 0) is 9.59 Å². The molecule has 1 rings (SSSR count). The fourth-order valence-corrected chi connectivity index (χ4v) is 2.54. The molecule has 1 aliphatic carbocycles.